The molecule has 2 fully saturated rings. The highest BCUT2D eigenvalue weighted by Crippen LogP contribution is 2.20. The van der Waals surface area contributed by atoms with Gasteiger partial charge in [-0.25, -0.2) is 4.79 Å². The molecule has 0 aliphatic carbocycles. The van der Waals surface area contributed by atoms with Gasteiger partial charge < -0.3 is 15.1 Å². The monoisotopic (exact) mass is 305 g/mol. The van der Waals surface area contributed by atoms with Gasteiger partial charge >= 0.3 is 6.03 Å². The zero-order valence-electron chi connectivity index (χ0n) is 13.1. The summed E-state index contributed by atoms with van der Waals surface area (Å²) in [6.07, 6.45) is 1.67. The summed E-state index contributed by atoms with van der Waals surface area (Å²) in [5.74, 6) is 0.306. The second-order valence-electron chi connectivity index (χ2n) is 6.31. The maximum atomic E-state index is 12.5. The number of nitrogens with one attached hydrogen (secondary N) is 2. The second kappa shape index (κ2) is 5.98. The van der Waals surface area contributed by atoms with Crippen molar-refractivity contribution >= 4 is 11.9 Å². The molecule has 0 radical (unpaired) electrons. The van der Waals surface area contributed by atoms with E-state index in [-0.39, 0.29) is 18.0 Å². The highest BCUT2D eigenvalue weighted by atomic mass is 16.2. The van der Waals surface area contributed by atoms with E-state index in [1.165, 1.54) is 0 Å². The number of carbonyl (C=O) groups excluding carboxylic acids is 2. The molecule has 22 heavy (non-hydrogen) atoms. The third kappa shape index (κ3) is 2.80. The van der Waals surface area contributed by atoms with E-state index in [0.29, 0.717) is 24.7 Å². The first-order valence-electron chi connectivity index (χ1n) is 7.95. The van der Waals surface area contributed by atoms with Crippen LogP contribution in [0, 0.1) is 0 Å². The van der Waals surface area contributed by atoms with Gasteiger partial charge in [0.2, 0.25) is 0 Å². The first-order valence-corrected chi connectivity index (χ1v) is 7.95. The van der Waals surface area contributed by atoms with Gasteiger partial charge in [0.1, 0.15) is 5.69 Å². The number of amides is 3. The summed E-state index contributed by atoms with van der Waals surface area (Å²) in [7, 11) is 0. The highest BCUT2D eigenvalue weighted by molar-refractivity contribution is 5.92. The number of hydrogen-bond acceptors (Lipinski definition) is 3. The number of likely N-dealkylation sites (tertiary alicyclic amines) is 1. The Kier molecular flexibility index (Phi) is 4.04. The highest BCUT2D eigenvalue weighted by Gasteiger charge is 2.32. The summed E-state index contributed by atoms with van der Waals surface area (Å²) in [6.45, 7) is 6.98. The number of carbonyl (C=O) groups is 2. The Hall–Kier alpha value is -2.05. The number of H-pyrrole nitrogens is 1. The normalized spacial score (nSPS) is 19.9. The fourth-order valence-corrected chi connectivity index (χ4v) is 3.12. The maximum Gasteiger partial charge on any atom is 0.317 e. The van der Waals surface area contributed by atoms with E-state index in [1.54, 1.807) is 0 Å². The summed E-state index contributed by atoms with van der Waals surface area (Å²) in [5, 5.41) is 9.89. The van der Waals surface area contributed by atoms with Gasteiger partial charge in [-0.3, -0.25) is 9.89 Å². The lowest BCUT2D eigenvalue weighted by Gasteiger charge is -2.35. The molecular formula is C15H23N5O2. The molecule has 120 valence electrons. The first kappa shape index (κ1) is 14.9. The molecule has 0 atom stereocenters. The van der Waals surface area contributed by atoms with E-state index in [0.717, 1.165) is 31.6 Å². The minimum absolute atomic E-state index is 0.0209. The number of urea groups is 1. The van der Waals surface area contributed by atoms with Crippen molar-refractivity contribution in [3.63, 3.8) is 0 Å². The Morgan fingerprint density at radius 1 is 1.32 bits per heavy atom. The number of nitrogens with zero attached hydrogens (tertiary/aromatic N) is 3. The Morgan fingerprint density at radius 2 is 2.05 bits per heavy atom. The maximum absolute atomic E-state index is 12.5. The van der Waals surface area contributed by atoms with Crippen LogP contribution < -0.4 is 5.32 Å². The van der Waals surface area contributed by atoms with Crippen molar-refractivity contribution in [1.82, 2.24) is 25.3 Å². The topological polar surface area (TPSA) is 81.3 Å². The van der Waals surface area contributed by atoms with Crippen LogP contribution in [0.5, 0.6) is 0 Å². The standard InChI is InChI=1S/C15H23N5O2/c1-10(2)12-9-13(18-17-12)14(21)19-6-3-11(4-7-19)20-8-5-16-15(20)22/h9-11H,3-8H2,1-2H3,(H,16,22)(H,17,18). The van der Waals surface area contributed by atoms with E-state index in [4.69, 9.17) is 0 Å². The van der Waals surface area contributed by atoms with E-state index >= 15 is 0 Å². The summed E-state index contributed by atoms with van der Waals surface area (Å²) < 4.78 is 0. The fraction of sp³-hybridized carbons (Fsp3) is 0.667. The predicted octanol–water partition coefficient (Wildman–Crippen LogP) is 1.16. The van der Waals surface area contributed by atoms with Crippen LogP contribution in [0.3, 0.4) is 0 Å². The van der Waals surface area contributed by atoms with Crippen LogP contribution in [-0.4, -0.2) is 64.2 Å². The lowest BCUT2D eigenvalue weighted by Crippen LogP contribution is -2.47. The number of hydrogen-bond donors (Lipinski definition) is 2. The molecule has 2 N–H and O–H groups in total. The summed E-state index contributed by atoms with van der Waals surface area (Å²) >= 11 is 0. The van der Waals surface area contributed by atoms with Gasteiger partial charge in [0.05, 0.1) is 0 Å². The molecule has 1 aromatic rings. The fourth-order valence-electron chi connectivity index (χ4n) is 3.12. The van der Waals surface area contributed by atoms with Gasteiger partial charge in [0, 0.05) is 37.9 Å². The van der Waals surface area contributed by atoms with Crippen molar-refractivity contribution in [3.05, 3.63) is 17.5 Å². The molecule has 2 saturated heterocycles. The van der Waals surface area contributed by atoms with Crippen molar-refractivity contribution in [3.8, 4) is 0 Å². The summed E-state index contributed by atoms with van der Waals surface area (Å²) in [5.41, 5.74) is 1.47. The van der Waals surface area contributed by atoms with Crippen molar-refractivity contribution in [2.24, 2.45) is 0 Å². The predicted molar refractivity (Wildman–Crippen MR) is 81.7 cm³/mol. The van der Waals surface area contributed by atoms with E-state index in [9.17, 15) is 9.59 Å². The van der Waals surface area contributed by atoms with Crippen LogP contribution in [0.1, 0.15) is 48.8 Å². The molecule has 7 nitrogen and oxygen atoms in total. The van der Waals surface area contributed by atoms with E-state index < -0.39 is 0 Å². The third-order valence-corrected chi connectivity index (χ3v) is 4.52. The van der Waals surface area contributed by atoms with Gasteiger partial charge in [0.15, 0.2) is 0 Å². The van der Waals surface area contributed by atoms with Crippen molar-refractivity contribution < 1.29 is 9.59 Å². The molecule has 3 amide bonds. The molecule has 3 rings (SSSR count). The Labute approximate surface area is 130 Å². The molecule has 0 bridgehead atoms. The average molecular weight is 305 g/mol. The third-order valence-electron chi connectivity index (χ3n) is 4.52. The van der Waals surface area contributed by atoms with Gasteiger partial charge in [-0.2, -0.15) is 5.10 Å². The van der Waals surface area contributed by atoms with E-state index in [1.807, 2.05) is 15.9 Å². The number of rotatable bonds is 3. The number of piperidine rings is 1. The van der Waals surface area contributed by atoms with Crippen LogP contribution in [0.25, 0.3) is 0 Å². The molecular weight excluding hydrogens is 282 g/mol. The smallest absolute Gasteiger partial charge is 0.317 e. The van der Waals surface area contributed by atoms with Gasteiger partial charge in [-0.1, -0.05) is 13.8 Å². The summed E-state index contributed by atoms with van der Waals surface area (Å²) in [6, 6.07) is 2.11. The largest absolute Gasteiger partial charge is 0.337 e. The number of aromatic nitrogens is 2. The minimum Gasteiger partial charge on any atom is -0.337 e. The molecule has 2 aliphatic rings. The molecule has 2 aliphatic heterocycles. The summed E-state index contributed by atoms with van der Waals surface area (Å²) in [4.78, 5) is 27.9. The van der Waals surface area contributed by atoms with Crippen LogP contribution in [0.4, 0.5) is 4.79 Å². The second-order valence-corrected chi connectivity index (χ2v) is 6.31. The Morgan fingerprint density at radius 3 is 2.59 bits per heavy atom. The zero-order chi connectivity index (χ0) is 15.7. The van der Waals surface area contributed by atoms with Crippen LogP contribution in [-0.2, 0) is 0 Å². The van der Waals surface area contributed by atoms with Gasteiger partial charge in [-0.15, -0.1) is 0 Å². The molecule has 0 aromatic carbocycles. The Balaban J connectivity index is 1.58. The zero-order valence-corrected chi connectivity index (χ0v) is 13.1. The van der Waals surface area contributed by atoms with Crippen LogP contribution in [0.2, 0.25) is 0 Å². The molecule has 7 heteroatoms. The van der Waals surface area contributed by atoms with Gasteiger partial charge in [-0.05, 0) is 24.8 Å². The van der Waals surface area contributed by atoms with Crippen molar-refractivity contribution in [2.75, 3.05) is 26.2 Å². The minimum atomic E-state index is -0.0209. The lowest BCUT2D eigenvalue weighted by molar-refractivity contribution is 0.0660. The molecule has 1 aromatic heterocycles. The SMILES string of the molecule is CC(C)c1cc(C(=O)N2CCC(N3CCNC3=O)CC2)n[nH]1. The van der Waals surface area contributed by atoms with Crippen LogP contribution in [0.15, 0.2) is 6.07 Å². The van der Waals surface area contributed by atoms with Crippen molar-refractivity contribution in [1.29, 1.82) is 0 Å². The van der Waals surface area contributed by atoms with Crippen molar-refractivity contribution in [2.45, 2.75) is 38.6 Å². The molecule has 3 heterocycles. The lowest BCUT2D eigenvalue weighted by atomic mass is 10.0. The molecule has 0 spiro atoms. The van der Waals surface area contributed by atoms with E-state index in [2.05, 4.69) is 29.4 Å². The quantitative estimate of drug-likeness (QED) is 0.879. The number of aromatic amines is 1. The first-order chi connectivity index (χ1) is 10.6. The Bertz CT molecular complexity index is 560. The van der Waals surface area contributed by atoms with Crippen LogP contribution >= 0.6 is 0 Å². The molecule has 0 saturated carbocycles. The average Bonchev–Trinajstić information content (AvgIpc) is 3.15. The molecule has 0 unspecified atom stereocenters. The van der Waals surface area contributed by atoms with Gasteiger partial charge in [0.25, 0.3) is 5.91 Å².